The second-order valence-corrected chi connectivity index (χ2v) is 6.24. The average Bonchev–Trinajstić information content (AvgIpc) is 2.51. The first-order chi connectivity index (χ1) is 9.70. The van der Waals surface area contributed by atoms with Crippen molar-refractivity contribution in [2.75, 3.05) is 0 Å². The van der Waals surface area contributed by atoms with Crippen molar-refractivity contribution < 1.29 is 0 Å². The SMILES string of the molecule is [C-]#[N+]c1ccc(-c2cccc3c(Br)c(I)cnc23)cc1. The standard InChI is InChI=1S/C16H8BrIN2/c1-19-11-7-5-10(6-8-11)12-3-2-4-13-15(17)14(18)9-20-16(12)13/h2-9H. The molecule has 4 heteroatoms. The quantitative estimate of drug-likeness (QED) is 0.348. The average molecular weight is 435 g/mol. The van der Waals surface area contributed by atoms with E-state index >= 15 is 0 Å². The molecule has 0 fully saturated rings. The molecule has 0 unspecified atom stereocenters. The van der Waals surface area contributed by atoms with Crippen LogP contribution < -0.4 is 0 Å². The van der Waals surface area contributed by atoms with Crippen LogP contribution in [0.5, 0.6) is 0 Å². The Hall–Kier alpha value is -1.45. The fraction of sp³-hybridized carbons (Fsp3) is 0. The number of rotatable bonds is 1. The number of pyridine rings is 1. The Labute approximate surface area is 138 Å². The second-order valence-electron chi connectivity index (χ2n) is 4.28. The van der Waals surface area contributed by atoms with Crippen molar-refractivity contribution in [1.29, 1.82) is 0 Å². The Morgan fingerprint density at radius 3 is 2.55 bits per heavy atom. The van der Waals surface area contributed by atoms with Gasteiger partial charge in [0.15, 0.2) is 5.69 Å². The van der Waals surface area contributed by atoms with Gasteiger partial charge in [-0.3, -0.25) is 4.98 Å². The summed E-state index contributed by atoms with van der Waals surface area (Å²) >= 11 is 5.89. The van der Waals surface area contributed by atoms with Crippen LogP contribution in [0.1, 0.15) is 0 Å². The first kappa shape index (κ1) is 13.5. The van der Waals surface area contributed by atoms with Gasteiger partial charge in [-0.2, -0.15) is 0 Å². The lowest BCUT2D eigenvalue weighted by atomic mass is 10.0. The van der Waals surface area contributed by atoms with E-state index in [0.29, 0.717) is 5.69 Å². The van der Waals surface area contributed by atoms with Gasteiger partial charge in [-0.15, -0.1) is 0 Å². The molecule has 1 aromatic heterocycles. The van der Waals surface area contributed by atoms with Crippen LogP contribution in [-0.2, 0) is 0 Å². The molecule has 0 atom stereocenters. The van der Waals surface area contributed by atoms with E-state index in [1.807, 2.05) is 36.5 Å². The minimum Gasteiger partial charge on any atom is -0.254 e. The smallest absolute Gasteiger partial charge is 0.187 e. The highest BCUT2D eigenvalue weighted by Gasteiger charge is 2.09. The number of aromatic nitrogens is 1. The molecule has 0 N–H and O–H groups in total. The highest BCUT2D eigenvalue weighted by atomic mass is 127. The van der Waals surface area contributed by atoms with Crippen LogP contribution in [0.3, 0.4) is 0 Å². The van der Waals surface area contributed by atoms with Crippen LogP contribution in [-0.4, -0.2) is 4.98 Å². The minimum atomic E-state index is 0.651. The third-order valence-electron chi connectivity index (χ3n) is 3.10. The first-order valence-electron chi connectivity index (χ1n) is 5.91. The van der Waals surface area contributed by atoms with Crippen molar-refractivity contribution >= 4 is 55.1 Å². The summed E-state index contributed by atoms with van der Waals surface area (Å²) in [6, 6.07) is 13.8. The van der Waals surface area contributed by atoms with E-state index in [9.17, 15) is 0 Å². The van der Waals surface area contributed by atoms with Crippen LogP contribution in [0, 0.1) is 10.1 Å². The van der Waals surface area contributed by atoms with Gasteiger partial charge in [0, 0.05) is 25.2 Å². The van der Waals surface area contributed by atoms with Crippen LogP contribution in [0.4, 0.5) is 5.69 Å². The molecule has 0 bridgehead atoms. The summed E-state index contributed by atoms with van der Waals surface area (Å²) in [5, 5.41) is 1.10. The summed E-state index contributed by atoms with van der Waals surface area (Å²) in [5.74, 6) is 0. The van der Waals surface area contributed by atoms with Gasteiger partial charge in [0.05, 0.1) is 12.1 Å². The number of halogens is 2. The fourth-order valence-corrected chi connectivity index (χ4v) is 2.97. The zero-order chi connectivity index (χ0) is 14.1. The van der Waals surface area contributed by atoms with Crippen molar-refractivity contribution in [3.63, 3.8) is 0 Å². The van der Waals surface area contributed by atoms with E-state index in [0.717, 1.165) is 30.1 Å². The van der Waals surface area contributed by atoms with Crippen LogP contribution in [0.25, 0.3) is 26.9 Å². The lowest BCUT2D eigenvalue weighted by Crippen LogP contribution is -1.88. The summed E-state index contributed by atoms with van der Waals surface area (Å²) in [6.07, 6.45) is 1.87. The van der Waals surface area contributed by atoms with Crippen molar-refractivity contribution in [1.82, 2.24) is 4.98 Å². The van der Waals surface area contributed by atoms with Crippen molar-refractivity contribution in [2.45, 2.75) is 0 Å². The molecule has 2 aromatic carbocycles. The number of hydrogen-bond donors (Lipinski definition) is 0. The Morgan fingerprint density at radius 2 is 1.85 bits per heavy atom. The number of para-hydroxylation sites is 1. The Morgan fingerprint density at radius 1 is 1.10 bits per heavy atom. The van der Waals surface area contributed by atoms with E-state index in [-0.39, 0.29) is 0 Å². The molecule has 3 rings (SSSR count). The van der Waals surface area contributed by atoms with Gasteiger partial charge in [0.2, 0.25) is 0 Å². The number of nitrogens with zero attached hydrogens (tertiary/aromatic N) is 2. The molecule has 0 spiro atoms. The van der Waals surface area contributed by atoms with Gasteiger partial charge in [-0.25, -0.2) is 4.85 Å². The van der Waals surface area contributed by atoms with E-state index < -0.39 is 0 Å². The molecular weight excluding hydrogens is 427 g/mol. The zero-order valence-corrected chi connectivity index (χ0v) is 14.0. The van der Waals surface area contributed by atoms with E-state index in [4.69, 9.17) is 6.57 Å². The minimum absolute atomic E-state index is 0.651. The number of hydrogen-bond acceptors (Lipinski definition) is 1. The zero-order valence-electron chi connectivity index (χ0n) is 10.3. The molecule has 0 saturated heterocycles. The van der Waals surface area contributed by atoms with E-state index in [1.54, 1.807) is 0 Å². The maximum absolute atomic E-state index is 7.01. The normalized spacial score (nSPS) is 10.4. The molecule has 1 heterocycles. The van der Waals surface area contributed by atoms with Crippen molar-refractivity contribution in [3.05, 3.63) is 68.1 Å². The molecular formula is C16H8BrIN2. The third-order valence-corrected chi connectivity index (χ3v) is 5.51. The van der Waals surface area contributed by atoms with Gasteiger partial charge in [0.25, 0.3) is 0 Å². The summed E-state index contributed by atoms with van der Waals surface area (Å²) in [6.45, 7) is 7.01. The van der Waals surface area contributed by atoms with Crippen LogP contribution in [0.15, 0.2) is 53.1 Å². The van der Waals surface area contributed by atoms with Gasteiger partial charge >= 0.3 is 0 Å². The highest BCUT2D eigenvalue weighted by molar-refractivity contribution is 14.1. The molecule has 0 aliphatic carbocycles. The molecule has 2 nitrogen and oxygen atoms in total. The van der Waals surface area contributed by atoms with E-state index in [1.165, 1.54) is 0 Å². The van der Waals surface area contributed by atoms with Crippen molar-refractivity contribution in [3.8, 4) is 11.1 Å². The summed E-state index contributed by atoms with van der Waals surface area (Å²) in [7, 11) is 0. The topological polar surface area (TPSA) is 17.2 Å². The maximum Gasteiger partial charge on any atom is 0.187 e. The monoisotopic (exact) mass is 434 g/mol. The molecule has 3 aromatic rings. The summed E-state index contributed by atoms with van der Waals surface area (Å²) in [5.41, 5.74) is 3.77. The highest BCUT2D eigenvalue weighted by Crippen LogP contribution is 2.33. The Kier molecular flexibility index (Phi) is 3.72. The molecule has 96 valence electrons. The second kappa shape index (κ2) is 5.51. The molecule has 0 saturated carbocycles. The number of fused-ring (bicyclic) bond motifs is 1. The molecule has 20 heavy (non-hydrogen) atoms. The van der Waals surface area contributed by atoms with Crippen LogP contribution >= 0.6 is 38.5 Å². The fourth-order valence-electron chi connectivity index (χ4n) is 2.11. The Balaban J connectivity index is 2.26. The third kappa shape index (κ3) is 2.32. The lowest BCUT2D eigenvalue weighted by molar-refractivity contribution is 1.37. The maximum atomic E-state index is 7.01. The van der Waals surface area contributed by atoms with Gasteiger partial charge in [-0.05, 0) is 44.1 Å². The van der Waals surface area contributed by atoms with Crippen LogP contribution in [0.2, 0.25) is 0 Å². The van der Waals surface area contributed by atoms with Gasteiger partial charge in [-0.1, -0.05) is 42.5 Å². The van der Waals surface area contributed by atoms with E-state index in [2.05, 4.69) is 60.5 Å². The molecule has 0 aliphatic rings. The molecule has 0 amide bonds. The molecule has 0 aliphatic heterocycles. The first-order valence-corrected chi connectivity index (χ1v) is 7.78. The number of benzene rings is 2. The largest absolute Gasteiger partial charge is 0.254 e. The summed E-state index contributed by atoms with van der Waals surface area (Å²) in [4.78, 5) is 7.98. The predicted octanol–water partition coefficient (Wildman–Crippen LogP) is 5.82. The van der Waals surface area contributed by atoms with Gasteiger partial charge < -0.3 is 0 Å². The lowest BCUT2D eigenvalue weighted by Gasteiger charge is -2.08. The van der Waals surface area contributed by atoms with Crippen molar-refractivity contribution in [2.24, 2.45) is 0 Å². The Bertz CT molecular complexity index is 835. The molecule has 0 radical (unpaired) electrons. The van der Waals surface area contributed by atoms with Gasteiger partial charge in [0.1, 0.15) is 0 Å². The summed E-state index contributed by atoms with van der Waals surface area (Å²) < 4.78 is 2.17. The predicted molar refractivity (Wildman–Crippen MR) is 93.9 cm³/mol.